The molecule has 0 aliphatic carbocycles. The molecule has 0 bridgehead atoms. The van der Waals surface area contributed by atoms with Crippen LogP contribution in [-0.4, -0.2) is 4.57 Å². The number of benzene rings is 6. The summed E-state index contributed by atoms with van der Waals surface area (Å²) in [5, 5.41) is 16.4. The van der Waals surface area contributed by atoms with Crippen molar-refractivity contribution in [2.75, 3.05) is 0 Å². The molecule has 0 radical (unpaired) electrons. The number of hydrogen-bond acceptors (Lipinski definition) is 3. The molecule has 0 spiro atoms. The third-order valence-electron chi connectivity index (χ3n) is 9.35. The molecule has 0 unspecified atom stereocenters. The lowest BCUT2D eigenvalue weighted by Crippen LogP contribution is -1.98. The van der Waals surface area contributed by atoms with Crippen LogP contribution in [-0.2, 0) is 0 Å². The molecular formula is C44H28N2O2. The van der Waals surface area contributed by atoms with Gasteiger partial charge in [-0.2, -0.15) is 5.26 Å². The van der Waals surface area contributed by atoms with E-state index in [4.69, 9.17) is 8.83 Å². The lowest BCUT2D eigenvalue weighted by molar-refractivity contribution is 0.663. The van der Waals surface area contributed by atoms with Gasteiger partial charge in [-0.05, 0) is 84.3 Å². The Kier molecular flexibility index (Phi) is 6.21. The van der Waals surface area contributed by atoms with E-state index in [0.717, 1.165) is 82.9 Å². The Morgan fingerprint density at radius 1 is 0.688 bits per heavy atom. The lowest BCUT2D eigenvalue weighted by Gasteiger charge is -2.15. The van der Waals surface area contributed by atoms with Crippen molar-refractivity contribution in [3.05, 3.63) is 157 Å². The van der Waals surface area contributed by atoms with Gasteiger partial charge >= 0.3 is 0 Å². The molecule has 6 aromatic carbocycles. The van der Waals surface area contributed by atoms with Crippen molar-refractivity contribution in [2.45, 2.75) is 6.92 Å². The summed E-state index contributed by atoms with van der Waals surface area (Å²) in [5.41, 5.74) is 11.1. The van der Waals surface area contributed by atoms with Crippen molar-refractivity contribution >= 4 is 71.3 Å². The van der Waals surface area contributed by atoms with E-state index >= 15 is 0 Å². The molecule has 9 aromatic rings. The quantitative estimate of drug-likeness (QED) is 0.181. The first-order valence-corrected chi connectivity index (χ1v) is 16.0. The van der Waals surface area contributed by atoms with E-state index in [-0.39, 0.29) is 0 Å². The normalized spacial score (nSPS) is 12.4. The molecule has 3 aromatic heterocycles. The molecular weight excluding hydrogens is 588 g/mol. The van der Waals surface area contributed by atoms with Crippen molar-refractivity contribution < 1.29 is 8.83 Å². The van der Waals surface area contributed by atoms with Gasteiger partial charge in [0.25, 0.3) is 0 Å². The van der Waals surface area contributed by atoms with Crippen LogP contribution in [0.15, 0.2) is 155 Å². The van der Waals surface area contributed by atoms with Crippen LogP contribution >= 0.6 is 0 Å². The van der Waals surface area contributed by atoms with E-state index < -0.39 is 0 Å². The number of para-hydroxylation sites is 2. The molecule has 0 saturated carbocycles. The number of fused-ring (bicyclic) bond motifs is 10. The highest BCUT2D eigenvalue weighted by molar-refractivity contribution is 6.26. The molecule has 0 fully saturated rings. The highest BCUT2D eigenvalue weighted by Crippen LogP contribution is 2.43. The summed E-state index contributed by atoms with van der Waals surface area (Å²) in [5.74, 6) is 0. The first kappa shape index (κ1) is 27.7. The van der Waals surface area contributed by atoms with Crippen LogP contribution in [0.25, 0.3) is 88.1 Å². The smallest absolute Gasteiger partial charge is 0.136 e. The fourth-order valence-corrected chi connectivity index (χ4v) is 7.18. The van der Waals surface area contributed by atoms with E-state index in [2.05, 4.69) is 102 Å². The molecule has 3 heterocycles. The van der Waals surface area contributed by atoms with Crippen LogP contribution in [0, 0.1) is 11.3 Å². The van der Waals surface area contributed by atoms with Crippen LogP contribution in [0.4, 0.5) is 0 Å². The fraction of sp³-hybridized carbons (Fsp3) is 0.0227. The summed E-state index contributed by atoms with van der Waals surface area (Å²) >= 11 is 0. The molecule has 0 atom stereocenters. The molecule has 4 heteroatoms. The highest BCUT2D eigenvalue weighted by Gasteiger charge is 2.20. The maximum absolute atomic E-state index is 9.97. The van der Waals surface area contributed by atoms with Crippen LogP contribution in [0.3, 0.4) is 0 Å². The minimum absolute atomic E-state index is 0.607. The minimum Gasteiger partial charge on any atom is -0.456 e. The monoisotopic (exact) mass is 616 g/mol. The van der Waals surface area contributed by atoms with Crippen LogP contribution < -0.4 is 0 Å². The molecule has 0 aliphatic heterocycles. The largest absolute Gasteiger partial charge is 0.456 e. The Bertz CT molecular complexity index is 2830. The fourth-order valence-electron chi connectivity index (χ4n) is 7.18. The average Bonchev–Trinajstić information content (AvgIpc) is 3.80. The van der Waals surface area contributed by atoms with E-state index in [0.29, 0.717) is 5.56 Å². The van der Waals surface area contributed by atoms with Gasteiger partial charge in [-0.1, -0.05) is 85.5 Å². The van der Waals surface area contributed by atoms with Crippen molar-refractivity contribution in [3.63, 3.8) is 0 Å². The van der Waals surface area contributed by atoms with Crippen molar-refractivity contribution in [1.29, 1.82) is 5.26 Å². The molecule has 0 aliphatic rings. The van der Waals surface area contributed by atoms with Crippen molar-refractivity contribution in [3.8, 4) is 22.9 Å². The maximum Gasteiger partial charge on any atom is 0.136 e. The van der Waals surface area contributed by atoms with E-state index in [1.165, 1.54) is 10.8 Å². The number of nitriles is 1. The van der Waals surface area contributed by atoms with E-state index in [9.17, 15) is 5.26 Å². The Morgan fingerprint density at radius 2 is 1.31 bits per heavy atom. The number of nitrogens with zero attached hydrogens (tertiary/aromatic N) is 2. The molecule has 0 amide bonds. The van der Waals surface area contributed by atoms with Gasteiger partial charge in [0.1, 0.15) is 22.3 Å². The third kappa shape index (κ3) is 4.08. The second-order valence-electron chi connectivity index (χ2n) is 12.0. The van der Waals surface area contributed by atoms with Crippen LogP contribution in [0.2, 0.25) is 0 Å². The van der Waals surface area contributed by atoms with Gasteiger partial charge in [-0.25, -0.2) is 0 Å². The summed E-state index contributed by atoms with van der Waals surface area (Å²) in [6.07, 6.45) is 7.98. The summed E-state index contributed by atoms with van der Waals surface area (Å²) < 4.78 is 15.1. The van der Waals surface area contributed by atoms with Gasteiger partial charge in [0.15, 0.2) is 0 Å². The standard InChI is InChI=1S/C44H28N2O2/c1-3-5-10-28(4-2)29-16-19-39-34(24-29)43-41(47-39)21-22-42-44(43)35-25-30(17-20-40(35)48-42)31-18-15-27(26-45)23-38(31)46-36-13-8-6-11-32(36)33-12-7-9-14-37(33)46/h3-25H,2H2,1H3/b5-3-,28-10+. The molecule has 0 N–H and O–H groups in total. The van der Waals surface area contributed by atoms with E-state index in [1.807, 2.05) is 61.5 Å². The molecule has 0 saturated heterocycles. The number of hydrogen-bond donors (Lipinski definition) is 0. The Morgan fingerprint density at radius 3 is 1.96 bits per heavy atom. The van der Waals surface area contributed by atoms with Gasteiger partial charge in [-0.3, -0.25) is 0 Å². The van der Waals surface area contributed by atoms with Crippen molar-refractivity contribution in [1.82, 2.24) is 4.57 Å². The van der Waals surface area contributed by atoms with Crippen LogP contribution in [0.5, 0.6) is 0 Å². The predicted octanol–water partition coefficient (Wildman–Crippen LogP) is 12.3. The highest BCUT2D eigenvalue weighted by atomic mass is 16.3. The second kappa shape index (κ2) is 10.8. The summed E-state index contributed by atoms with van der Waals surface area (Å²) in [6, 6.07) is 41.8. The zero-order valence-electron chi connectivity index (χ0n) is 26.2. The number of aromatic nitrogens is 1. The maximum atomic E-state index is 9.97. The van der Waals surface area contributed by atoms with Gasteiger partial charge < -0.3 is 13.4 Å². The second-order valence-corrected chi connectivity index (χ2v) is 12.0. The Labute approximate surface area is 276 Å². The van der Waals surface area contributed by atoms with Crippen LogP contribution in [0.1, 0.15) is 18.1 Å². The molecule has 48 heavy (non-hydrogen) atoms. The molecule has 9 rings (SSSR count). The number of rotatable bonds is 5. The topological polar surface area (TPSA) is 55.0 Å². The zero-order valence-corrected chi connectivity index (χ0v) is 26.2. The summed E-state index contributed by atoms with van der Waals surface area (Å²) in [7, 11) is 0. The molecule has 4 nitrogen and oxygen atoms in total. The number of allylic oxidation sites excluding steroid dienone is 5. The van der Waals surface area contributed by atoms with Gasteiger partial charge in [0.2, 0.25) is 0 Å². The predicted molar refractivity (Wildman–Crippen MR) is 198 cm³/mol. The zero-order chi connectivity index (χ0) is 32.4. The number of furan rings is 2. The van der Waals surface area contributed by atoms with Crippen molar-refractivity contribution in [2.24, 2.45) is 0 Å². The molecule has 226 valence electrons. The SMILES string of the molecule is C=C/C(=C\C=C/C)c1ccc2oc3ccc4oc5ccc(-c6ccc(C#N)cc6-n6c7ccccc7c7ccccc76)cc5c4c3c2c1. The third-order valence-corrected chi connectivity index (χ3v) is 9.35. The average molecular weight is 617 g/mol. The van der Waals surface area contributed by atoms with Gasteiger partial charge in [0, 0.05) is 37.9 Å². The van der Waals surface area contributed by atoms with Gasteiger partial charge in [0.05, 0.1) is 28.4 Å². The Hall–Kier alpha value is -6.57. The first-order valence-electron chi connectivity index (χ1n) is 16.0. The Balaban J connectivity index is 1.32. The summed E-state index contributed by atoms with van der Waals surface area (Å²) in [4.78, 5) is 0. The lowest BCUT2D eigenvalue weighted by atomic mass is 9.97. The first-order chi connectivity index (χ1) is 23.7. The van der Waals surface area contributed by atoms with E-state index in [1.54, 1.807) is 0 Å². The summed E-state index contributed by atoms with van der Waals surface area (Å²) in [6.45, 7) is 6.05. The minimum atomic E-state index is 0.607. The van der Waals surface area contributed by atoms with Gasteiger partial charge in [-0.15, -0.1) is 0 Å².